The van der Waals surface area contributed by atoms with Crippen LogP contribution in [-0.2, 0) is 0 Å². The summed E-state index contributed by atoms with van der Waals surface area (Å²) in [6, 6.07) is 7.68. The predicted molar refractivity (Wildman–Crippen MR) is 78.7 cm³/mol. The fraction of sp³-hybridized carbons (Fsp3) is 0.400. The van der Waals surface area contributed by atoms with E-state index in [1.807, 2.05) is 24.3 Å². The Kier molecular flexibility index (Phi) is 3.33. The van der Waals surface area contributed by atoms with E-state index in [0.29, 0.717) is 5.02 Å². The molecule has 0 bridgehead atoms. The van der Waals surface area contributed by atoms with Crippen LogP contribution < -0.4 is 5.32 Å². The van der Waals surface area contributed by atoms with E-state index >= 15 is 0 Å². The zero-order valence-corrected chi connectivity index (χ0v) is 11.5. The quantitative estimate of drug-likeness (QED) is 0.900. The molecule has 0 saturated heterocycles. The first-order valence-corrected chi connectivity index (χ1v) is 7.04. The monoisotopic (exact) mass is 276 g/mol. The van der Waals surface area contributed by atoms with Crippen molar-refractivity contribution in [1.82, 2.24) is 4.98 Å². The second-order valence-electron chi connectivity index (χ2n) is 5.29. The number of hydrogen-bond donors (Lipinski definition) is 2. The van der Waals surface area contributed by atoms with Crippen LogP contribution in [0.5, 0.6) is 0 Å². The van der Waals surface area contributed by atoms with Gasteiger partial charge in [0.25, 0.3) is 0 Å². The van der Waals surface area contributed by atoms with Gasteiger partial charge in [0.15, 0.2) is 0 Å². The Morgan fingerprint density at radius 3 is 2.79 bits per heavy atom. The third-order valence-corrected chi connectivity index (χ3v) is 4.20. The first-order chi connectivity index (χ1) is 9.22. The molecule has 0 radical (unpaired) electrons. The Bertz CT molecular complexity index is 594. The lowest BCUT2D eigenvalue weighted by Crippen LogP contribution is -2.39. The van der Waals surface area contributed by atoms with Crippen molar-refractivity contribution in [3.63, 3.8) is 0 Å². The number of nitrogens with zero attached hydrogens (tertiary/aromatic N) is 1. The normalized spacial score (nSPS) is 17.8. The maximum atomic E-state index is 9.69. The summed E-state index contributed by atoms with van der Waals surface area (Å²) in [6.45, 7) is 0.171. The van der Waals surface area contributed by atoms with Gasteiger partial charge in [-0.25, -0.2) is 0 Å². The lowest BCUT2D eigenvalue weighted by Gasteiger charge is -2.29. The van der Waals surface area contributed by atoms with Gasteiger partial charge in [-0.2, -0.15) is 0 Å². The van der Waals surface area contributed by atoms with Crippen LogP contribution in [0.1, 0.15) is 25.7 Å². The fourth-order valence-electron chi connectivity index (χ4n) is 2.89. The van der Waals surface area contributed by atoms with Crippen molar-refractivity contribution in [3.8, 4) is 0 Å². The number of benzene rings is 1. The summed E-state index contributed by atoms with van der Waals surface area (Å²) in [6.07, 6.45) is 6.15. The Morgan fingerprint density at radius 1 is 1.26 bits per heavy atom. The van der Waals surface area contributed by atoms with Gasteiger partial charge in [0.05, 0.1) is 17.7 Å². The molecule has 1 aliphatic rings. The highest BCUT2D eigenvalue weighted by Crippen LogP contribution is 2.35. The molecule has 1 aromatic heterocycles. The Hall–Kier alpha value is -1.32. The van der Waals surface area contributed by atoms with Crippen LogP contribution in [0.2, 0.25) is 5.02 Å². The van der Waals surface area contributed by atoms with Gasteiger partial charge in [-0.3, -0.25) is 4.98 Å². The number of aliphatic hydroxyl groups is 1. The minimum absolute atomic E-state index is 0.171. The minimum Gasteiger partial charge on any atom is -0.394 e. The van der Waals surface area contributed by atoms with E-state index < -0.39 is 0 Å². The Balaban J connectivity index is 2.01. The van der Waals surface area contributed by atoms with E-state index in [1.54, 1.807) is 6.20 Å². The molecule has 1 heterocycles. The largest absolute Gasteiger partial charge is 0.394 e. The average Bonchev–Trinajstić information content (AvgIpc) is 2.88. The van der Waals surface area contributed by atoms with E-state index in [1.165, 1.54) is 12.8 Å². The van der Waals surface area contributed by atoms with Crippen LogP contribution in [0.25, 0.3) is 10.9 Å². The first kappa shape index (κ1) is 12.7. The molecule has 2 N–H and O–H groups in total. The summed E-state index contributed by atoms with van der Waals surface area (Å²) >= 11 is 6.00. The van der Waals surface area contributed by atoms with Gasteiger partial charge in [0.1, 0.15) is 0 Å². The third kappa shape index (κ3) is 2.40. The number of hydrogen-bond acceptors (Lipinski definition) is 3. The number of anilines is 1. The third-order valence-electron chi connectivity index (χ3n) is 3.97. The van der Waals surface area contributed by atoms with Gasteiger partial charge in [0.2, 0.25) is 0 Å². The van der Waals surface area contributed by atoms with Gasteiger partial charge in [-0.05, 0) is 37.1 Å². The summed E-state index contributed by atoms with van der Waals surface area (Å²) < 4.78 is 0. The van der Waals surface area contributed by atoms with Gasteiger partial charge < -0.3 is 10.4 Å². The highest BCUT2D eigenvalue weighted by Gasteiger charge is 2.33. The maximum absolute atomic E-state index is 9.69. The van der Waals surface area contributed by atoms with E-state index in [0.717, 1.165) is 29.4 Å². The van der Waals surface area contributed by atoms with E-state index in [4.69, 9.17) is 11.6 Å². The van der Waals surface area contributed by atoms with Crippen LogP contribution in [0.3, 0.4) is 0 Å². The SMILES string of the molecule is OCC1(Nc2ccnc3cc(Cl)ccc23)CCCC1. The highest BCUT2D eigenvalue weighted by molar-refractivity contribution is 6.31. The van der Waals surface area contributed by atoms with Crippen molar-refractivity contribution in [3.05, 3.63) is 35.5 Å². The number of pyridine rings is 1. The zero-order valence-electron chi connectivity index (χ0n) is 10.7. The summed E-state index contributed by atoms with van der Waals surface area (Å²) in [5.41, 5.74) is 1.73. The van der Waals surface area contributed by atoms with Crippen molar-refractivity contribution in [2.75, 3.05) is 11.9 Å². The molecule has 0 atom stereocenters. The van der Waals surface area contributed by atoms with Crippen LogP contribution in [-0.4, -0.2) is 22.2 Å². The number of aromatic nitrogens is 1. The molecule has 1 saturated carbocycles. The molecule has 0 spiro atoms. The van der Waals surface area contributed by atoms with Crippen molar-refractivity contribution in [2.24, 2.45) is 0 Å². The van der Waals surface area contributed by atoms with Crippen molar-refractivity contribution < 1.29 is 5.11 Å². The number of nitrogens with one attached hydrogen (secondary N) is 1. The molecular weight excluding hydrogens is 260 g/mol. The van der Waals surface area contributed by atoms with Gasteiger partial charge in [-0.15, -0.1) is 0 Å². The Morgan fingerprint density at radius 2 is 2.05 bits per heavy atom. The molecule has 3 nitrogen and oxygen atoms in total. The lowest BCUT2D eigenvalue weighted by atomic mass is 9.98. The number of fused-ring (bicyclic) bond motifs is 1. The first-order valence-electron chi connectivity index (χ1n) is 6.66. The molecule has 0 unspecified atom stereocenters. The lowest BCUT2D eigenvalue weighted by molar-refractivity contribution is 0.214. The maximum Gasteiger partial charge on any atom is 0.0737 e. The molecule has 4 heteroatoms. The van der Waals surface area contributed by atoms with Gasteiger partial charge >= 0.3 is 0 Å². The second-order valence-corrected chi connectivity index (χ2v) is 5.73. The van der Waals surface area contributed by atoms with Gasteiger partial charge in [0, 0.05) is 22.3 Å². The fourth-order valence-corrected chi connectivity index (χ4v) is 3.06. The van der Waals surface area contributed by atoms with Gasteiger partial charge in [-0.1, -0.05) is 24.4 Å². The van der Waals surface area contributed by atoms with E-state index in [9.17, 15) is 5.11 Å². The average molecular weight is 277 g/mol. The minimum atomic E-state index is -0.173. The molecule has 3 rings (SSSR count). The van der Waals surface area contributed by atoms with Crippen LogP contribution in [0.4, 0.5) is 5.69 Å². The molecule has 1 aromatic carbocycles. The van der Waals surface area contributed by atoms with Crippen molar-refractivity contribution >= 4 is 28.2 Å². The molecule has 0 aliphatic heterocycles. The summed E-state index contributed by atoms with van der Waals surface area (Å²) in [5, 5.41) is 15.0. The topological polar surface area (TPSA) is 45.1 Å². The molecule has 19 heavy (non-hydrogen) atoms. The Labute approximate surface area is 117 Å². The molecule has 1 aliphatic carbocycles. The van der Waals surface area contributed by atoms with Crippen LogP contribution >= 0.6 is 11.6 Å². The number of halogens is 1. The second kappa shape index (κ2) is 4.99. The molecular formula is C15H17ClN2O. The summed E-state index contributed by atoms with van der Waals surface area (Å²) in [4.78, 5) is 4.34. The number of rotatable bonds is 3. The predicted octanol–water partition coefficient (Wildman–Crippen LogP) is 3.61. The van der Waals surface area contributed by atoms with Crippen molar-refractivity contribution in [2.45, 2.75) is 31.2 Å². The molecule has 0 amide bonds. The highest BCUT2D eigenvalue weighted by atomic mass is 35.5. The molecule has 100 valence electrons. The zero-order chi connectivity index (χ0) is 13.3. The molecule has 1 fully saturated rings. The van der Waals surface area contributed by atoms with Crippen LogP contribution in [0, 0.1) is 0 Å². The van der Waals surface area contributed by atoms with E-state index in [-0.39, 0.29) is 12.1 Å². The summed E-state index contributed by atoms with van der Waals surface area (Å²) in [5.74, 6) is 0. The van der Waals surface area contributed by atoms with E-state index in [2.05, 4.69) is 10.3 Å². The van der Waals surface area contributed by atoms with Crippen LogP contribution in [0.15, 0.2) is 30.5 Å². The smallest absolute Gasteiger partial charge is 0.0737 e. The van der Waals surface area contributed by atoms with Crippen molar-refractivity contribution in [1.29, 1.82) is 0 Å². The standard InChI is InChI=1S/C15H17ClN2O/c16-11-3-4-12-13(5-8-17-14(12)9-11)18-15(10-19)6-1-2-7-15/h3-5,8-9,19H,1-2,6-7,10H2,(H,17,18). The molecule has 2 aromatic rings. The summed E-state index contributed by atoms with van der Waals surface area (Å²) in [7, 11) is 0. The number of aliphatic hydroxyl groups excluding tert-OH is 1.